The van der Waals surface area contributed by atoms with Crippen molar-refractivity contribution in [3.63, 3.8) is 0 Å². The molecule has 1 aromatic carbocycles. The van der Waals surface area contributed by atoms with E-state index >= 15 is 0 Å². The van der Waals surface area contributed by atoms with Crippen molar-refractivity contribution in [2.75, 3.05) is 14.2 Å². The molecular weight excluding hydrogens is 306 g/mol. The first kappa shape index (κ1) is 18.5. The lowest BCUT2D eigenvalue weighted by Gasteiger charge is -2.43. The summed E-state index contributed by atoms with van der Waals surface area (Å²) >= 11 is 0. The predicted molar refractivity (Wildman–Crippen MR) is 91.5 cm³/mol. The Labute approximate surface area is 143 Å². The average molecular weight is 333 g/mol. The molecule has 0 heterocycles. The fourth-order valence-corrected chi connectivity index (χ4v) is 4.05. The molecule has 0 radical (unpaired) electrons. The van der Waals surface area contributed by atoms with E-state index in [1.165, 1.54) is 14.2 Å². The smallest absolute Gasteiger partial charge is 0.325 e. The second-order valence-corrected chi connectivity index (χ2v) is 6.87. The second kappa shape index (κ2) is 6.93. The summed E-state index contributed by atoms with van der Waals surface area (Å²) in [5.74, 6) is -1.08. The lowest BCUT2D eigenvalue weighted by atomic mass is 9.78. The van der Waals surface area contributed by atoms with Crippen LogP contribution in [0.3, 0.4) is 0 Å². The molecule has 1 aromatic rings. The number of benzene rings is 1. The van der Waals surface area contributed by atoms with Crippen LogP contribution in [0, 0.1) is 5.41 Å². The number of carbonyl (C=O) groups excluding carboxylic acids is 2. The minimum absolute atomic E-state index is 0.148. The van der Waals surface area contributed by atoms with Gasteiger partial charge in [0.05, 0.1) is 20.3 Å². The Balaban J connectivity index is 2.73. The van der Waals surface area contributed by atoms with E-state index in [9.17, 15) is 9.59 Å². The third-order valence-corrected chi connectivity index (χ3v) is 4.88. The quantitative estimate of drug-likeness (QED) is 0.612. The Morgan fingerprint density at radius 3 is 2.00 bits per heavy atom. The van der Waals surface area contributed by atoms with E-state index in [2.05, 4.69) is 32.6 Å². The van der Waals surface area contributed by atoms with Crippen molar-refractivity contribution in [1.29, 1.82) is 0 Å². The van der Waals surface area contributed by atoms with Gasteiger partial charge in [-0.25, -0.2) is 0 Å². The number of fused-ring (bicyclic) bond motifs is 1. The number of ether oxygens (including phenoxy) is 2. The normalized spacial score (nSPS) is 18.8. The maximum absolute atomic E-state index is 12.8. The molecule has 0 fully saturated rings. The first-order valence-electron chi connectivity index (χ1n) is 8.33. The van der Waals surface area contributed by atoms with Gasteiger partial charge >= 0.3 is 11.9 Å². The zero-order valence-electron chi connectivity index (χ0n) is 15.3. The van der Waals surface area contributed by atoms with Crippen LogP contribution in [0.25, 0.3) is 0 Å². The van der Waals surface area contributed by atoms with Crippen LogP contribution in [0.1, 0.15) is 44.9 Å². The molecule has 0 aromatic heterocycles. The van der Waals surface area contributed by atoms with Gasteiger partial charge in [-0.15, -0.1) is 0 Å². The lowest BCUT2D eigenvalue weighted by molar-refractivity contribution is -0.175. The van der Waals surface area contributed by atoms with Crippen molar-refractivity contribution in [3.05, 3.63) is 35.4 Å². The largest absolute Gasteiger partial charge is 0.468 e. The molecule has 1 unspecified atom stereocenters. The summed E-state index contributed by atoms with van der Waals surface area (Å²) in [6.07, 6.45) is 0.295. The molecule has 0 spiro atoms. The van der Waals surface area contributed by atoms with Gasteiger partial charge in [-0.05, 0) is 38.8 Å². The number of esters is 2. The Kier molecular flexibility index (Phi) is 5.33. The van der Waals surface area contributed by atoms with Gasteiger partial charge in [0, 0.05) is 18.5 Å². The fourth-order valence-electron chi connectivity index (χ4n) is 4.05. The zero-order chi connectivity index (χ0) is 18.1. The van der Waals surface area contributed by atoms with E-state index in [4.69, 9.17) is 9.47 Å². The molecule has 24 heavy (non-hydrogen) atoms. The summed E-state index contributed by atoms with van der Waals surface area (Å²) in [4.78, 5) is 27.8. The van der Waals surface area contributed by atoms with Gasteiger partial charge in [0.1, 0.15) is 0 Å². The van der Waals surface area contributed by atoms with Gasteiger partial charge in [0.25, 0.3) is 0 Å². The highest BCUT2D eigenvalue weighted by Gasteiger charge is 2.61. The van der Waals surface area contributed by atoms with Crippen LogP contribution in [0.15, 0.2) is 24.3 Å². The van der Waals surface area contributed by atoms with Crippen LogP contribution in [0.4, 0.5) is 0 Å². The van der Waals surface area contributed by atoms with E-state index in [-0.39, 0.29) is 12.1 Å². The van der Waals surface area contributed by atoms with E-state index in [1.54, 1.807) is 0 Å². The highest BCUT2D eigenvalue weighted by atomic mass is 16.5. The zero-order valence-corrected chi connectivity index (χ0v) is 15.3. The Hall–Kier alpha value is -1.88. The second-order valence-electron chi connectivity index (χ2n) is 6.87. The van der Waals surface area contributed by atoms with Crippen molar-refractivity contribution in [2.24, 2.45) is 5.41 Å². The molecule has 5 nitrogen and oxygen atoms in total. The molecule has 132 valence electrons. The van der Waals surface area contributed by atoms with Crippen molar-refractivity contribution in [2.45, 2.75) is 52.2 Å². The standard InChI is InChI=1S/C19H27NO4/c1-12(2)20(13(3)4)16-15-10-8-7-9-14(15)11-19(16,17(21)23-5)18(22)24-6/h7-10,12-13,16H,11H2,1-6H3. The van der Waals surface area contributed by atoms with Crippen molar-refractivity contribution >= 4 is 11.9 Å². The fraction of sp³-hybridized carbons (Fsp3) is 0.579. The Bertz CT molecular complexity index is 600. The molecule has 0 aliphatic heterocycles. The maximum atomic E-state index is 12.8. The van der Waals surface area contributed by atoms with Crippen LogP contribution in [-0.4, -0.2) is 43.1 Å². The molecule has 0 bridgehead atoms. The number of nitrogens with zero attached hydrogens (tertiary/aromatic N) is 1. The summed E-state index contributed by atoms with van der Waals surface area (Å²) in [6, 6.07) is 7.71. The highest BCUT2D eigenvalue weighted by molar-refractivity contribution is 6.02. The summed E-state index contributed by atoms with van der Waals surface area (Å²) < 4.78 is 10.1. The first-order valence-corrected chi connectivity index (χ1v) is 8.33. The summed E-state index contributed by atoms with van der Waals surface area (Å²) in [7, 11) is 2.64. The molecule has 2 rings (SSSR count). The maximum Gasteiger partial charge on any atom is 0.325 e. The topological polar surface area (TPSA) is 55.8 Å². The summed E-state index contributed by atoms with van der Waals surface area (Å²) in [5, 5.41) is 0. The van der Waals surface area contributed by atoms with Crippen LogP contribution in [0.2, 0.25) is 0 Å². The van der Waals surface area contributed by atoms with Gasteiger partial charge in [-0.3, -0.25) is 14.5 Å². The SMILES string of the molecule is COC(=O)C1(C(=O)OC)Cc2ccccc2C1N(C(C)C)C(C)C. The molecule has 0 saturated heterocycles. The van der Waals surface area contributed by atoms with Crippen LogP contribution in [-0.2, 0) is 25.5 Å². The van der Waals surface area contributed by atoms with Crippen molar-refractivity contribution in [1.82, 2.24) is 4.90 Å². The van der Waals surface area contributed by atoms with Crippen LogP contribution >= 0.6 is 0 Å². The monoisotopic (exact) mass is 333 g/mol. The van der Waals surface area contributed by atoms with Gasteiger partial charge in [0.2, 0.25) is 0 Å². The van der Waals surface area contributed by atoms with Gasteiger partial charge in [0.15, 0.2) is 5.41 Å². The average Bonchev–Trinajstić information content (AvgIpc) is 2.89. The Morgan fingerprint density at radius 1 is 1.04 bits per heavy atom. The number of carbonyl (C=O) groups is 2. The molecule has 1 atom stereocenters. The number of methoxy groups -OCH3 is 2. The Morgan fingerprint density at radius 2 is 1.54 bits per heavy atom. The third-order valence-electron chi connectivity index (χ3n) is 4.88. The molecule has 1 aliphatic carbocycles. The van der Waals surface area contributed by atoms with Gasteiger partial charge < -0.3 is 9.47 Å². The minimum atomic E-state index is -1.37. The molecule has 0 saturated carbocycles. The van der Waals surface area contributed by atoms with Crippen LogP contribution in [0.5, 0.6) is 0 Å². The summed E-state index contributed by atoms with van der Waals surface area (Å²) in [6.45, 7) is 8.28. The number of hydrogen-bond acceptors (Lipinski definition) is 5. The number of rotatable bonds is 5. The molecule has 1 aliphatic rings. The predicted octanol–water partition coefficient (Wildman–Crippen LogP) is 2.74. The molecule has 5 heteroatoms. The molecule has 0 N–H and O–H groups in total. The van der Waals surface area contributed by atoms with Crippen LogP contribution < -0.4 is 0 Å². The highest BCUT2D eigenvalue weighted by Crippen LogP contribution is 2.51. The first-order chi connectivity index (χ1) is 11.3. The van der Waals surface area contributed by atoms with Crippen molar-refractivity contribution in [3.8, 4) is 0 Å². The van der Waals surface area contributed by atoms with E-state index in [0.29, 0.717) is 6.42 Å². The van der Waals surface area contributed by atoms with E-state index in [0.717, 1.165) is 11.1 Å². The van der Waals surface area contributed by atoms with E-state index in [1.807, 2.05) is 24.3 Å². The van der Waals surface area contributed by atoms with E-state index < -0.39 is 23.4 Å². The molecular formula is C19H27NO4. The third kappa shape index (κ3) is 2.71. The summed E-state index contributed by atoms with van der Waals surface area (Å²) in [5.41, 5.74) is 0.613. The van der Waals surface area contributed by atoms with Gasteiger partial charge in [-0.2, -0.15) is 0 Å². The lowest BCUT2D eigenvalue weighted by Crippen LogP contribution is -2.53. The van der Waals surface area contributed by atoms with Gasteiger partial charge in [-0.1, -0.05) is 24.3 Å². The van der Waals surface area contributed by atoms with Crippen molar-refractivity contribution < 1.29 is 19.1 Å². The number of hydrogen-bond donors (Lipinski definition) is 0. The minimum Gasteiger partial charge on any atom is -0.468 e. The molecule has 0 amide bonds.